The van der Waals surface area contributed by atoms with Crippen LogP contribution in [0.15, 0.2) is 60.2 Å². The molecule has 2 N–H and O–H groups in total. The molecule has 0 unspecified atom stereocenters. The van der Waals surface area contributed by atoms with Crippen LogP contribution < -0.4 is 5.73 Å². The molecule has 0 aromatic heterocycles. The zero-order valence-electron chi connectivity index (χ0n) is 17.2. The van der Waals surface area contributed by atoms with E-state index in [9.17, 15) is 26.4 Å². The van der Waals surface area contributed by atoms with Gasteiger partial charge in [0, 0.05) is 5.02 Å². The summed E-state index contributed by atoms with van der Waals surface area (Å²) in [6.45, 7) is 0. The van der Waals surface area contributed by atoms with Gasteiger partial charge in [-0.05, 0) is 35.4 Å². The standard InChI is InChI=1S/C18H16B3ClF3NO5S/c19-16(9-1-3-11(4-2-9)18(23,24)25)14(27)13(15(26)30-16)31-32(28,29)17(20,21)10-5-7-12(22)8-6-10/h1-8H,19-21,26H2/t16-/m0/s1. The van der Waals surface area contributed by atoms with E-state index in [1.165, 1.54) is 47.8 Å². The van der Waals surface area contributed by atoms with Gasteiger partial charge in [-0.25, -0.2) is 0 Å². The maximum Gasteiger partial charge on any atom is 0.416 e. The van der Waals surface area contributed by atoms with Gasteiger partial charge in [-0.3, -0.25) is 4.79 Å². The summed E-state index contributed by atoms with van der Waals surface area (Å²) in [5, 5.41) is 0.404. The predicted octanol–water partition coefficient (Wildman–Crippen LogP) is 0.295. The molecule has 0 bridgehead atoms. The van der Waals surface area contributed by atoms with E-state index in [2.05, 4.69) is 0 Å². The van der Waals surface area contributed by atoms with Crippen LogP contribution in [0.25, 0.3) is 0 Å². The number of Topliss-reactive ketones (excluding diaryl/α,β-unsaturated/α-hetero) is 1. The maximum atomic E-state index is 13.0. The van der Waals surface area contributed by atoms with Crippen LogP contribution in [0, 0.1) is 0 Å². The first kappa shape index (κ1) is 24.1. The zero-order chi connectivity index (χ0) is 24.1. The highest BCUT2D eigenvalue weighted by molar-refractivity contribution is 7.90. The van der Waals surface area contributed by atoms with E-state index >= 15 is 0 Å². The summed E-state index contributed by atoms with van der Waals surface area (Å²) in [5.74, 6) is -2.27. The highest BCUT2D eigenvalue weighted by Crippen LogP contribution is 2.39. The van der Waals surface area contributed by atoms with Crippen LogP contribution in [-0.4, -0.2) is 37.7 Å². The Bertz CT molecular complexity index is 1200. The minimum absolute atomic E-state index is 0.0476. The number of halogens is 4. The van der Waals surface area contributed by atoms with Gasteiger partial charge in [0.05, 0.1) is 10.1 Å². The van der Waals surface area contributed by atoms with E-state index in [4.69, 9.17) is 26.3 Å². The molecule has 0 fully saturated rings. The maximum absolute atomic E-state index is 13.0. The molecule has 1 atom stereocenters. The molecule has 0 amide bonds. The number of carbonyl (C=O) groups excluding carboxylic acids is 1. The van der Waals surface area contributed by atoms with E-state index in [1.807, 2.05) is 0 Å². The molecule has 2 aromatic rings. The van der Waals surface area contributed by atoms with Crippen LogP contribution in [0.5, 0.6) is 0 Å². The highest BCUT2D eigenvalue weighted by Gasteiger charge is 2.51. The largest absolute Gasteiger partial charge is 0.467 e. The number of ether oxygens (including phenoxy) is 1. The Morgan fingerprint density at radius 2 is 1.50 bits per heavy atom. The normalized spacial score (nSPS) is 19.7. The third-order valence-electron chi connectivity index (χ3n) is 5.30. The Morgan fingerprint density at radius 1 is 1.00 bits per heavy atom. The van der Waals surface area contributed by atoms with Gasteiger partial charge in [-0.2, -0.15) is 21.6 Å². The van der Waals surface area contributed by atoms with Crippen molar-refractivity contribution in [3.8, 4) is 0 Å². The van der Waals surface area contributed by atoms with Gasteiger partial charge in [-0.15, -0.1) is 0 Å². The number of alkyl halides is 3. The molecule has 0 spiro atoms. The Labute approximate surface area is 190 Å². The van der Waals surface area contributed by atoms with Crippen molar-refractivity contribution in [1.82, 2.24) is 0 Å². The second-order valence-corrected chi connectivity index (χ2v) is 10.3. The van der Waals surface area contributed by atoms with Gasteiger partial charge < -0.3 is 14.7 Å². The van der Waals surface area contributed by atoms with Crippen LogP contribution in [0.2, 0.25) is 5.02 Å². The average Bonchev–Trinajstić information content (AvgIpc) is 2.91. The van der Waals surface area contributed by atoms with Gasteiger partial charge in [-0.1, -0.05) is 35.9 Å². The van der Waals surface area contributed by atoms with E-state index in [0.717, 1.165) is 24.3 Å². The molecule has 3 rings (SSSR count). The summed E-state index contributed by atoms with van der Waals surface area (Å²) in [5.41, 5.74) is 3.36. The number of hydrogen-bond donors (Lipinski definition) is 1. The molecular weight excluding hydrogens is 467 g/mol. The Morgan fingerprint density at radius 3 is 2.00 bits per heavy atom. The smallest absolute Gasteiger partial charge is 0.416 e. The number of nitrogens with two attached hydrogens (primary N) is 1. The molecule has 1 aliphatic heterocycles. The lowest BCUT2D eigenvalue weighted by atomic mass is 9.65. The highest BCUT2D eigenvalue weighted by atomic mass is 35.5. The first-order valence-corrected chi connectivity index (χ1v) is 11.0. The summed E-state index contributed by atoms with van der Waals surface area (Å²) in [6.07, 6.45) is -4.56. The lowest BCUT2D eigenvalue weighted by Crippen LogP contribution is -2.40. The van der Waals surface area contributed by atoms with Crippen molar-refractivity contribution in [2.75, 3.05) is 0 Å². The van der Waals surface area contributed by atoms with Crippen LogP contribution in [-0.2, 0) is 40.1 Å². The molecule has 6 nitrogen and oxygen atoms in total. The van der Waals surface area contributed by atoms with Crippen molar-refractivity contribution < 1.29 is 35.3 Å². The second-order valence-electron chi connectivity index (χ2n) is 7.79. The summed E-state index contributed by atoms with van der Waals surface area (Å²) >= 11 is 5.85. The van der Waals surface area contributed by atoms with Gasteiger partial charge in [0.1, 0.15) is 15.7 Å². The van der Waals surface area contributed by atoms with E-state index in [0.29, 0.717) is 10.6 Å². The van der Waals surface area contributed by atoms with Gasteiger partial charge in [0.2, 0.25) is 17.4 Å². The Kier molecular flexibility index (Phi) is 5.88. The molecule has 1 aliphatic rings. The second kappa shape index (κ2) is 7.81. The molecule has 14 heteroatoms. The Balaban J connectivity index is 1.90. The van der Waals surface area contributed by atoms with Gasteiger partial charge >= 0.3 is 16.3 Å². The monoisotopic (exact) mass is 483 g/mol. The first-order chi connectivity index (χ1) is 14.6. The van der Waals surface area contributed by atoms with Crippen LogP contribution in [0.4, 0.5) is 13.2 Å². The van der Waals surface area contributed by atoms with Crippen molar-refractivity contribution in [2.45, 2.75) is 16.2 Å². The molecule has 0 radical (unpaired) electrons. The van der Waals surface area contributed by atoms with Crippen molar-refractivity contribution in [2.24, 2.45) is 5.73 Å². The SMILES string of the molecule is BC(B)(c1ccc(Cl)cc1)S(=O)(=O)OC1=C(N)O[C@@](B)(c2ccc(C(F)(F)F)cc2)C1=O. The third kappa shape index (κ3) is 4.11. The van der Waals surface area contributed by atoms with Crippen LogP contribution >= 0.6 is 11.6 Å². The quantitative estimate of drug-likeness (QED) is 0.486. The fourth-order valence-corrected chi connectivity index (χ4v) is 4.23. The molecule has 0 saturated carbocycles. The predicted molar refractivity (Wildman–Crippen MR) is 119 cm³/mol. The summed E-state index contributed by atoms with van der Waals surface area (Å²) in [6, 6.07) is 9.70. The van der Waals surface area contributed by atoms with E-state index in [-0.39, 0.29) is 5.56 Å². The van der Waals surface area contributed by atoms with Crippen molar-refractivity contribution >= 4 is 51.0 Å². The summed E-state index contributed by atoms with van der Waals surface area (Å²) < 4.78 is 73.4. The van der Waals surface area contributed by atoms with E-state index < -0.39 is 49.3 Å². The summed E-state index contributed by atoms with van der Waals surface area (Å²) in [7, 11) is -0.457. The first-order valence-electron chi connectivity index (χ1n) is 9.21. The minimum Gasteiger partial charge on any atom is -0.467 e. The van der Waals surface area contributed by atoms with Gasteiger partial charge in [0.25, 0.3) is 0 Å². The van der Waals surface area contributed by atoms with Gasteiger partial charge in [0.15, 0.2) is 13.3 Å². The third-order valence-corrected chi connectivity index (χ3v) is 7.42. The molecule has 1 heterocycles. The molecule has 32 heavy (non-hydrogen) atoms. The minimum atomic E-state index is -4.56. The topological polar surface area (TPSA) is 95.7 Å². The molecule has 0 saturated heterocycles. The zero-order valence-corrected chi connectivity index (χ0v) is 18.7. The number of benzene rings is 2. The van der Waals surface area contributed by atoms with Crippen LogP contribution in [0.1, 0.15) is 16.7 Å². The van der Waals surface area contributed by atoms with Crippen molar-refractivity contribution in [3.05, 3.63) is 81.9 Å². The molecular formula is C18H16B3ClF3NO5S. The summed E-state index contributed by atoms with van der Waals surface area (Å²) in [4.78, 5) is 13.0. The molecule has 166 valence electrons. The number of hydrogen-bond acceptors (Lipinski definition) is 6. The molecule has 0 aliphatic carbocycles. The van der Waals surface area contributed by atoms with Crippen molar-refractivity contribution in [1.29, 1.82) is 0 Å². The van der Waals surface area contributed by atoms with E-state index in [1.54, 1.807) is 0 Å². The Hall–Kier alpha value is -2.53. The number of carbonyl (C=O) groups is 1. The number of rotatable bonds is 5. The number of ketones is 1. The fraction of sp³-hybridized carbons (Fsp3) is 0.167. The fourth-order valence-electron chi connectivity index (χ4n) is 3.10. The molecule has 2 aromatic carbocycles. The lowest BCUT2D eigenvalue weighted by Gasteiger charge is -2.26. The van der Waals surface area contributed by atoms with Crippen molar-refractivity contribution in [3.63, 3.8) is 0 Å². The van der Waals surface area contributed by atoms with Crippen LogP contribution in [0.3, 0.4) is 0 Å². The average molecular weight is 483 g/mol. The lowest BCUT2D eigenvalue weighted by molar-refractivity contribution is -0.137.